The minimum absolute atomic E-state index is 0.0232. The highest BCUT2D eigenvalue weighted by atomic mass is 35.5. The Kier molecular flexibility index (Phi) is 7.80. The lowest BCUT2D eigenvalue weighted by Crippen LogP contribution is -2.56. The lowest BCUT2D eigenvalue weighted by molar-refractivity contribution is -0.139. The van der Waals surface area contributed by atoms with Crippen LogP contribution < -0.4 is 10.6 Å². The van der Waals surface area contributed by atoms with Crippen LogP contribution in [0.25, 0.3) is 10.9 Å². The third-order valence-corrected chi connectivity index (χ3v) is 7.78. The highest BCUT2D eigenvalue weighted by Crippen LogP contribution is 2.31. The van der Waals surface area contributed by atoms with E-state index in [-0.39, 0.29) is 29.8 Å². The average molecular weight is 484 g/mol. The van der Waals surface area contributed by atoms with Gasteiger partial charge in [-0.15, -0.1) is 0 Å². The second-order valence-corrected chi connectivity index (χ2v) is 10.1. The van der Waals surface area contributed by atoms with Crippen LogP contribution in [-0.4, -0.2) is 53.0 Å². The van der Waals surface area contributed by atoms with Crippen LogP contribution >= 0.6 is 11.6 Å². The zero-order valence-electron chi connectivity index (χ0n) is 20.0. The Morgan fingerprint density at radius 3 is 2.68 bits per heavy atom. The van der Waals surface area contributed by atoms with E-state index < -0.39 is 6.04 Å². The summed E-state index contributed by atoms with van der Waals surface area (Å²) >= 11 is 6.16. The quantitative estimate of drug-likeness (QED) is 0.626. The third kappa shape index (κ3) is 5.08. The van der Waals surface area contributed by atoms with E-state index in [2.05, 4.69) is 21.3 Å². The van der Waals surface area contributed by atoms with Crippen molar-refractivity contribution in [1.29, 1.82) is 5.26 Å². The van der Waals surface area contributed by atoms with Crippen LogP contribution in [0, 0.1) is 17.2 Å². The van der Waals surface area contributed by atoms with Gasteiger partial charge in [-0.3, -0.25) is 9.59 Å². The number of hydrogen-bond donors (Lipinski definition) is 2. The van der Waals surface area contributed by atoms with Crippen LogP contribution in [0.5, 0.6) is 0 Å². The lowest BCUT2D eigenvalue weighted by Gasteiger charge is -2.35. The standard InChI is InChI=1S/C26H34ClN5O2/c1-17(29-2)25(33)30-24(18-7-4-3-5-8-18)26(34)32-12-6-9-21(32)16-31-15-19(14-28)22-13-20(27)10-11-23(22)31/h10-11,13,15,17-18,21,24,29H,3-9,12,16H2,1-2H3,(H,30,33)/t17-,21-,24-/m0/s1. The van der Waals surface area contributed by atoms with E-state index in [0.29, 0.717) is 23.7 Å². The first-order chi connectivity index (χ1) is 16.4. The van der Waals surface area contributed by atoms with Crippen molar-refractivity contribution in [1.82, 2.24) is 20.1 Å². The number of hydrogen-bond acceptors (Lipinski definition) is 4. The number of amides is 2. The normalized spacial score (nSPS) is 20.8. The number of carbonyl (C=O) groups is 2. The van der Waals surface area contributed by atoms with Crippen molar-refractivity contribution in [2.24, 2.45) is 5.92 Å². The van der Waals surface area contributed by atoms with E-state index in [9.17, 15) is 14.9 Å². The molecule has 1 aromatic heterocycles. The van der Waals surface area contributed by atoms with Crippen molar-refractivity contribution >= 4 is 34.3 Å². The molecule has 1 aliphatic carbocycles. The van der Waals surface area contributed by atoms with Gasteiger partial charge in [0.1, 0.15) is 12.1 Å². The van der Waals surface area contributed by atoms with Crippen LogP contribution in [0.3, 0.4) is 0 Å². The largest absolute Gasteiger partial charge is 0.344 e. The first-order valence-corrected chi connectivity index (χ1v) is 12.8. The molecule has 34 heavy (non-hydrogen) atoms. The topological polar surface area (TPSA) is 90.2 Å². The highest BCUT2D eigenvalue weighted by Gasteiger charge is 2.38. The Morgan fingerprint density at radius 1 is 1.21 bits per heavy atom. The molecule has 2 aromatic rings. The Bertz CT molecular complexity index is 1080. The lowest BCUT2D eigenvalue weighted by atomic mass is 9.83. The van der Waals surface area contributed by atoms with Gasteiger partial charge in [-0.2, -0.15) is 5.26 Å². The van der Waals surface area contributed by atoms with E-state index in [0.717, 1.165) is 49.4 Å². The Hall–Kier alpha value is -2.56. The number of fused-ring (bicyclic) bond motifs is 1. The first-order valence-electron chi connectivity index (χ1n) is 12.4. The molecule has 2 aliphatic rings. The zero-order chi connectivity index (χ0) is 24.2. The zero-order valence-corrected chi connectivity index (χ0v) is 20.8. The van der Waals surface area contributed by atoms with E-state index >= 15 is 0 Å². The van der Waals surface area contributed by atoms with E-state index in [1.807, 2.05) is 36.2 Å². The van der Waals surface area contributed by atoms with Crippen LogP contribution in [0.4, 0.5) is 0 Å². The van der Waals surface area contributed by atoms with Gasteiger partial charge in [0.15, 0.2) is 0 Å². The Balaban J connectivity index is 1.57. The monoisotopic (exact) mass is 483 g/mol. The second kappa shape index (κ2) is 10.8. The van der Waals surface area contributed by atoms with Crippen LogP contribution in [0.2, 0.25) is 5.02 Å². The van der Waals surface area contributed by atoms with Crippen LogP contribution in [0.1, 0.15) is 57.4 Å². The number of carbonyl (C=O) groups excluding carboxylic acids is 2. The number of aromatic nitrogens is 1. The third-order valence-electron chi connectivity index (χ3n) is 7.54. The fourth-order valence-electron chi connectivity index (χ4n) is 5.49. The molecule has 2 fully saturated rings. The summed E-state index contributed by atoms with van der Waals surface area (Å²) in [5.41, 5.74) is 1.53. The summed E-state index contributed by atoms with van der Waals surface area (Å²) < 4.78 is 2.07. The maximum absolute atomic E-state index is 13.9. The Morgan fingerprint density at radius 2 is 1.97 bits per heavy atom. The molecule has 0 bridgehead atoms. The highest BCUT2D eigenvalue weighted by molar-refractivity contribution is 6.31. The number of nitrogens with one attached hydrogen (secondary N) is 2. The van der Waals surface area contributed by atoms with Crippen molar-refractivity contribution in [2.45, 2.75) is 76.5 Å². The molecule has 2 amide bonds. The second-order valence-electron chi connectivity index (χ2n) is 9.69. The molecular formula is C26H34ClN5O2. The molecule has 1 aromatic carbocycles. The number of nitriles is 1. The minimum Gasteiger partial charge on any atom is -0.344 e. The number of rotatable bonds is 7. The maximum atomic E-state index is 13.9. The summed E-state index contributed by atoms with van der Waals surface area (Å²) in [7, 11) is 1.75. The fraction of sp³-hybridized carbons (Fsp3) is 0.577. The number of likely N-dealkylation sites (tertiary alicyclic amines) is 1. The van der Waals surface area contributed by atoms with Crippen molar-refractivity contribution in [3.63, 3.8) is 0 Å². The molecule has 0 radical (unpaired) electrons. The molecule has 1 saturated heterocycles. The molecule has 2 N–H and O–H groups in total. The van der Waals surface area contributed by atoms with Gasteiger partial charge in [0.05, 0.1) is 11.6 Å². The van der Waals surface area contributed by atoms with Gasteiger partial charge >= 0.3 is 0 Å². The SMILES string of the molecule is CN[C@@H](C)C(=O)N[C@H](C(=O)N1CCC[C@H]1Cn1cc(C#N)c2cc(Cl)ccc21)C1CCCCC1. The summed E-state index contributed by atoms with van der Waals surface area (Å²) in [4.78, 5) is 28.6. The molecule has 3 atom stereocenters. The van der Waals surface area contributed by atoms with Gasteiger partial charge in [0.2, 0.25) is 11.8 Å². The smallest absolute Gasteiger partial charge is 0.245 e. The van der Waals surface area contributed by atoms with Gasteiger partial charge in [0, 0.05) is 41.3 Å². The van der Waals surface area contributed by atoms with Crippen molar-refractivity contribution < 1.29 is 9.59 Å². The van der Waals surface area contributed by atoms with Gasteiger partial charge in [-0.1, -0.05) is 30.9 Å². The average Bonchev–Trinajstić information content (AvgIpc) is 3.46. The molecule has 1 aliphatic heterocycles. The minimum atomic E-state index is -0.487. The number of halogens is 1. The maximum Gasteiger partial charge on any atom is 0.245 e. The summed E-state index contributed by atoms with van der Waals surface area (Å²) in [6.07, 6.45) is 9.03. The molecule has 0 unspecified atom stereocenters. The fourth-order valence-corrected chi connectivity index (χ4v) is 5.66. The van der Waals surface area contributed by atoms with E-state index in [1.54, 1.807) is 7.05 Å². The van der Waals surface area contributed by atoms with Crippen LogP contribution in [0.15, 0.2) is 24.4 Å². The number of nitrogens with zero attached hydrogens (tertiary/aromatic N) is 3. The van der Waals surface area contributed by atoms with Crippen molar-refractivity contribution in [2.75, 3.05) is 13.6 Å². The molecule has 8 heteroatoms. The van der Waals surface area contributed by atoms with Gasteiger partial charge in [-0.05, 0) is 63.8 Å². The predicted molar refractivity (Wildman–Crippen MR) is 133 cm³/mol. The summed E-state index contributed by atoms with van der Waals surface area (Å²) in [6.45, 7) is 3.12. The van der Waals surface area contributed by atoms with Crippen LogP contribution in [-0.2, 0) is 16.1 Å². The molecule has 182 valence electrons. The van der Waals surface area contributed by atoms with Crippen molar-refractivity contribution in [3.05, 3.63) is 35.0 Å². The molecule has 1 saturated carbocycles. The predicted octanol–water partition coefficient (Wildman–Crippen LogP) is 3.83. The van der Waals surface area contributed by atoms with E-state index in [1.165, 1.54) is 6.42 Å². The molecule has 7 nitrogen and oxygen atoms in total. The van der Waals surface area contributed by atoms with Crippen molar-refractivity contribution in [3.8, 4) is 6.07 Å². The molecule has 4 rings (SSSR count). The summed E-state index contributed by atoms with van der Waals surface area (Å²) in [5.74, 6) is 0.0791. The van der Waals surface area contributed by atoms with E-state index in [4.69, 9.17) is 11.6 Å². The first kappa shape index (κ1) is 24.6. The summed E-state index contributed by atoms with van der Waals surface area (Å²) in [5, 5.41) is 17.1. The number of likely N-dealkylation sites (N-methyl/N-ethyl adjacent to an activating group) is 1. The Labute approximate surface area is 206 Å². The van der Waals surface area contributed by atoms with Gasteiger partial charge in [-0.25, -0.2) is 0 Å². The number of benzene rings is 1. The summed E-state index contributed by atoms with van der Waals surface area (Å²) in [6, 6.07) is 7.03. The molecular weight excluding hydrogens is 450 g/mol. The molecule has 0 spiro atoms. The van der Waals surface area contributed by atoms with Gasteiger partial charge < -0.3 is 20.1 Å². The van der Waals surface area contributed by atoms with Gasteiger partial charge in [0.25, 0.3) is 0 Å². The molecule has 2 heterocycles.